The molecular weight excluding hydrogens is 268 g/mol. The van der Waals surface area contributed by atoms with E-state index in [1.165, 1.54) is 12.1 Å². The Kier molecular flexibility index (Phi) is 5.60. The van der Waals surface area contributed by atoms with Gasteiger partial charge in [0.2, 0.25) is 0 Å². The van der Waals surface area contributed by atoms with Crippen LogP contribution in [-0.2, 0) is 11.2 Å². The molecule has 0 saturated carbocycles. The maximum atomic E-state index is 13.7. The number of hydrogen-bond donors (Lipinski definition) is 1. The molecule has 1 aromatic carbocycles. The Morgan fingerprint density at radius 1 is 1.47 bits per heavy atom. The van der Waals surface area contributed by atoms with Crippen LogP contribution < -0.4 is 5.32 Å². The highest BCUT2D eigenvalue weighted by Gasteiger charge is 2.25. The van der Waals surface area contributed by atoms with Gasteiger partial charge in [0.1, 0.15) is 11.6 Å². The third kappa shape index (κ3) is 4.16. The summed E-state index contributed by atoms with van der Waals surface area (Å²) in [5.74, 6) is 0.915. The molecule has 2 atom stereocenters. The first-order chi connectivity index (χ1) is 9.20. The summed E-state index contributed by atoms with van der Waals surface area (Å²) in [6.45, 7) is 3.56. The molecule has 2 rings (SSSR count). The number of ether oxygens (including phenoxy) is 1. The van der Waals surface area contributed by atoms with Gasteiger partial charge in [-0.25, -0.2) is 8.78 Å². The summed E-state index contributed by atoms with van der Waals surface area (Å²) in [4.78, 5) is 0. The number of hydrogen-bond acceptors (Lipinski definition) is 3. The highest BCUT2D eigenvalue weighted by atomic mass is 32.2. The summed E-state index contributed by atoms with van der Waals surface area (Å²) >= 11 is 1.86. The van der Waals surface area contributed by atoms with Crippen LogP contribution in [0.4, 0.5) is 8.78 Å². The van der Waals surface area contributed by atoms with Crippen molar-refractivity contribution in [2.45, 2.75) is 25.5 Å². The van der Waals surface area contributed by atoms with Gasteiger partial charge in [-0.15, -0.1) is 0 Å². The van der Waals surface area contributed by atoms with E-state index in [1.54, 1.807) is 0 Å². The van der Waals surface area contributed by atoms with E-state index < -0.39 is 11.6 Å². The second kappa shape index (κ2) is 7.22. The highest BCUT2D eigenvalue weighted by Crippen LogP contribution is 2.19. The first-order valence-corrected chi connectivity index (χ1v) is 7.73. The molecule has 1 N–H and O–H groups in total. The summed E-state index contributed by atoms with van der Waals surface area (Å²) in [6, 6.07) is 3.83. The monoisotopic (exact) mass is 287 g/mol. The Hall–Kier alpha value is -0.650. The summed E-state index contributed by atoms with van der Waals surface area (Å²) in [7, 11) is 0. The zero-order valence-corrected chi connectivity index (χ0v) is 11.8. The van der Waals surface area contributed by atoms with Crippen molar-refractivity contribution in [1.29, 1.82) is 0 Å². The number of halogens is 2. The van der Waals surface area contributed by atoms with Gasteiger partial charge in [0.25, 0.3) is 0 Å². The molecule has 0 aromatic heterocycles. The smallest absolute Gasteiger partial charge is 0.129 e. The maximum absolute atomic E-state index is 13.7. The van der Waals surface area contributed by atoms with Crippen LogP contribution in [0.2, 0.25) is 0 Å². The topological polar surface area (TPSA) is 21.3 Å². The third-order valence-corrected chi connectivity index (χ3v) is 4.23. The molecule has 19 heavy (non-hydrogen) atoms. The standard InChI is InChI=1S/C14H19F2NOS/c1-2-17-13(14-9-19-6-5-18-14)7-10-3-4-11(15)8-12(10)16/h3-4,8,13-14,17H,2,5-7,9H2,1H3. The Morgan fingerprint density at radius 3 is 2.95 bits per heavy atom. The second-order valence-electron chi connectivity index (χ2n) is 4.59. The number of benzene rings is 1. The molecule has 1 fully saturated rings. The van der Waals surface area contributed by atoms with Gasteiger partial charge in [-0.05, 0) is 24.6 Å². The highest BCUT2D eigenvalue weighted by molar-refractivity contribution is 7.99. The number of rotatable bonds is 5. The molecule has 5 heteroatoms. The van der Waals surface area contributed by atoms with E-state index in [0.29, 0.717) is 12.0 Å². The lowest BCUT2D eigenvalue weighted by atomic mass is 10.0. The quantitative estimate of drug-likeness (QED) is 0.899. The summed E-state index contributed by atoms with van der Waals surface area (Å²) < 4.78 is 32.4. The molecule has 1 heterocycles. The van der Waals surface area contributed by atoms with E-state index in [1.807, 2.05) is 18.7 Å². The van der Waals surface area contributed by atoms with Gasteiger partial charge >= 0.3 is 0 Å². The first kappa shape index (κ1) is 14.8. The maximum Gasteiger partial charge on any atom is 0.129 e. The van der Waals surface area contributed by atoms with Crippen LogP contribution in [0.5, 0.6) is 0 Å². The van der Waals surface area contributed by atoms with Crippen molar-refractivity contribution in [3.05, 3.63) is 35.4 Å². The average Bonchev–Trinajstić information content (AvgIpc) is 2.42. The molecule has 2 nitrogen and oxygen atoms in total. The number of thioether (sulfide) groups is 1. The van der Waals surface area contributed by atoms with E-state index in [-0.39, 0.29) is 12.1 Å². The normalized spacial score (nSPS) is 21.3. The average molecular weight is 287 g/mol. The van der Waals surface area contributed by atoms with E-state index in [0.717, 1.165) is 30.7 Å². The van der Waals surface area contributed by atoms with Crippen molar-refractivity contribution < 1.29 is 13.5 Å². The van der Waals surface area contributed by atoms with Crippen molar-refractivity contribution in [2.75, 3.05) is 24.7 Å². The molecule has 0 bridgehead atoms. The SMILES string of the molecule is CCNC(Cc1ccc(F)cc1F)C1CSCCO1. The molecular formula is C14H19F2NOS. The molecule has 1 aliphatic rings. The van der Waals surface area contributed by atoms with E-state index in [9.17, 15) is 8.78 Å². The van der Waals surface area contributed by atoms with Gasteiger partial charge in [0.05, 0.1) is 12.7 Å². The molecule has 1 aromatic rings. The van der Waals surface area contributed by atoms with E-state index >= 15 is 0 Å². The molecule has 0 spiro atoms. The molecule has 1 aliphatic heterocycles. The predicted molar refractivity (Wildman–Crippen MR) is 74.6 cm³/mol. The fraction of sp³-hybridized carbons (Fsp3) is 0.571. The zero-order valence-electron chi connectivity index (χ0n) is 11.0. The van der Waals surface area contributed by atoms with Crippen molar-refractivity contribution in [3.8, 4) is 0 Å². The Bertz CT molecular complexity index is 410. The predicted octanol–water partition coefficient (Wildman–Crippen LogP) is 2.62. The zero-order chi connectivity index (χ0) is 13.7. The van der Waals surface area contributed by atoms with Crippen LogP contribution in [0.3, 0.4) is 0 Å². The van der Waals surface area contributed by atoms with Gasteiger partial charge in [0.15, 0.2) is 0 Å². The Balaban J connectivity index is 2.06. The minimum Gasteiger partial charge on any atom is -0.375 e. The van der Waals surface area contributed by atoms with Crippen molar-refractivity contribution >= 4 is 11.8 Å². The Labute approximate surface area is 116 Å². The van der Waals surface area contributed by atoms with Crippen LogP contribution in [-0.4, -0.2) is 36.8 Å². The molecule has 0 aliphatic carbocycles. The number of likely N-dealkylation sites (N-methyl/N-ethyl adjacent to an activating group) is 1. The molecule has 106 valence electrons. The minimum absolute atomic E-state index is 0.0674. The van der Waals surface area contributed by atoms with Crippen LogP contribution in [0.25, 0.3) is 0 Å². The molecule has 1 saturated heterocycles. The summed E-state index contributed by atoms with van der Waals surface area (Å²) in [6.07, 6.45) is 0.605. The van der Waals surface area contributed by atoms with Gasteiger partial charge in [0, 0.05) is 23.6 Å². The van der Waals surface area contributed by atoms with Gasteiger partial charge in [-0.3, -0.25) is 0 Å². The molecule has 0 amide bonds. The lowest BCUT2D eigenvalue weighted by molar-refractivity contribution is 0.0474. The molecule has 0 radical (unpaired) electrons. The fourth-order valence-electron chi connectivity index (χ4n) is 2.26. The van der Waals surface area contributed by atoms with Gasteiger partial charge in [-0.1, -0.05) is 13.0 Å². The van der Waals surface area contributed by atoms with Crippen molar-refractivity contribution in [1.82, 2.24) is 5.32 Å². The fourth-order valence-corrected chi connectivity index (χ4v) is 3.20. The van der Waals surface area contributed by atoms with Crippen LogP contribution in [0.1, 0.15) is 12.5 Å². The van der Waals surface area contributed by atoms with Gasteiger partial charge < -0.3 is 10.1 Å². The lowest BCUT2D eigenvalue weighted by Crippen LogP contribution is -2.46. The van der Waals surface area contributed by atoms with Gasteiger partial charge in [-0.2, -0.15) is 11.8 Å². The van der Waals surface area contributed by atoms with E-state index in [4.69, 9.17) is 4.74 Å². The second-order valence-corrected chi connectivity index (χ2v) is 5.74. The third-order valence-electron chi connectivity index (χ3n) is 3.21. The number of nitrogens with one attached hydrogen (secondary N) is 1. The first-order valence-electron chi connectivity index (χ1n) is 6.57. The van der Waals surface area contributed by atoms with Crippen molar-refractivity contribution in [3.63, 3.8) is 0 Å². The molecule has 2 unspecified atom stereocenters. The van der Waals surface area contributed by atoms with Crippen molar-refractivity contribution in [2.24, 2.45) is 0 Å². The van der Waals surface area contributed by atoms with Crippen LogP contribution >= 0.6 is 11.8 Å². The minimum atomic E-state index is -0.536. The van der Waals surface area contributed by atoms with Crippen LogP contribution in [0, 0.1) is 11.6 Å². The summed E-state index contributed by atoms with van der Waals surface area (Å²) in [5.41, 5.74) is 0.534. The summed E-state index contributed by atoms with van der Waals surface area (Å²) in [5, 5.41) is 3.34. The Morgan fingerprint density at radius 2 is 2.32 bits per heavy atom. The van der Waals surface area contributed by atoms with E-state index in [2.05, 4.69) is 5.32 Å². The lowest BCUT2D eigenvalue weighted by Gasteiger charge is -2.31. The van der Waals surface area contributed by atoms with Crippen LogP contribution in [0.15, 0.2) is 18.2 Å². The largest absolute Gasteiger partial charge is 0.375 e.